The number of hydrogen-bond acceptors (Lipinski definition) is 2. The molecule has 1 aliphatic heterocycles. The number of nitrogens with one attached hydrogen (secondary N) is 2. The highest BCUT2D eigenvalue weighted by atomic mass is 16.5. The Morgan fingerprint density at radius 1 is 1.22 bits per heavy atom. The number of benzene rings is 1. The Labute approximate surface area is 139 Å². The van der Waals surface area contributed by atoms with Crippen LogP contribution >= 0.6 is 0 Å². The van der Waals surface area contributed by atoms with Crippen LogP contribution in [0.15, 0.2) is 30.3 Å². The van der Waals surface area contributed by atoms with E-state index in [1.54, 1.807) is 0 Å². The van der Waals surface area contributed by atoms with Crippen molar-refractivity contribution in [1.29, 1.82) is 0 Å². The van der Waals surface area contributed by atoms with Crippen LogP contribution in [0.4, 0.5) is 0 Å². The number of hydrogen-bond donors (Lipinski definition) is 2. The number of carbonyl (C=O) groups is 1. The Balaban J connectivity index is 1.62. The molecule has 1 unspecified atom stereocenters. The number of carbonyl (C=O) groups excluding carboxylic acids is 1. The van der Waals surface area contributed by atoms with Gasteiger partial charge in [-0.15, -0.1) is 0 Å². The van der Waals surface area contributed by atoms with Gasteiger partial charge in [0.1, 0.15) is 13.1 Å². The lowest BCUT2D eigenvalue weighted by Crippen LogP contribution is -3.18. The van der Waals surface area contributed by atoms with Crippen molar-refractivity contribution in [3.05, 3.63) is 35.9 Å². The van der Waals surface area contributed by atoms with Gasteiger partial charge in [0.15, 0.2) is 6.04 Å². The van der Waals surface area contributed by atoms with Crippen LogP contribution in [0.1, 0.15) is 38.2 Å². The van der Waals surface area contributed by atoms with E-state index in [0.29, 0.717) is 0 Å². The van der Waals surface area contributed by atoms with E-state index in [9.17, 15) is 4.79 Å². The molecule has 126 valence electrons. The highest BCUT2D eigenvalue weighted by Crippen LogP contribution is 2.40. The van der Waals surface area contributed by atoms with Crippen LogP contribution in [0.5, 0.6) is 0 Å². The Hall–Kier alpha value is -1.39. The third-order valence-electron chi connectivity index (χ3n) is 5.69. The number of morpholine rings is 1. The maximum absolute atomic E-state index is 12.6. The molecule has 1 atom stereocenters. The second-order valence-electron chi connectivity index (χ2n) is 7.06. The van der Waals surface area contributed by atoms with E-state index in [0.717, 1.165) is 32.8 Å². The van der Waals surface area contributed by atoms with E-state index in [1.165, 1.54) is 36.1 Å². The van der Waals surface area contributed by atoms with Gasteiger partial charge in [-0.05, 0) is 25.3 Å². The highest BCUT2D eigenvalue weighted by Gasteiger charge is 2.37. The molecule has 3 rings (SSSR count). The fraction of sp³-hybridized carbons (Fsp3) is 0.632. The van der Waals surface area contributed by atoms with Crippen molar-refractivity contribution in [2.75, 3.05) is 32.8 Å². The van der Waals surface area contributed by atoms with Gasteiger partial charge in [-0.3, -0.25) is 4.79 Å². The zero-order chi connectivity index (χ0) is 16.1. The molecule has 4 nitrogen and oxygen atoms in total. The van der Waals surface area contributed by atoms with E-state index in [4.69, 9.17) is 4.74 Å². The van der Waals surface area contributed by atoms with E-state index < -0.39 is 0 Å². The van der Waals surface area contributed by atoms with Crippen molar-refractivity contribution in [3.8, 4) is 0 Å². The molecule has 1 aromatic rings. The third-order valence-corrected chi connectivity index (χ3v) is 5.69. The molecule has 1 amide bonds. The molecule has 2 aliphatic rings. The summed E-state index contributed by atoms with van der Waals surface area (Å²) in [6.07, 6.45) is 4.87. The molecule has 2 fully saturated rings. The minimum absolute atomic E-state index is 0.00752. The van der Waals surface area contributed by atoms with Crippen LogP contribution in [0.25, 0.3) is 0 Å². The fourth-order valence-electron chi connectivity index (χ4n) is 4.07. The predicted molar refractivity (Wildman–Crippen MR) is 90.6 cm³/mol. The van der Waals surface area contributed by atoms with Gasteiger partial charge < -0.3 is 15.0 Å². The van der Waals surface area contributed by atoms with Crippen LogP contribution < -0.4 is 10.2 Å². The number of quaternary nitrogens is 1. The van der Waals surface area contributed by atoms with Crippen molar-refractivity contribution in [2.45, 2.75) is 44.1 Å². The Morgan fingerprint density at radius 3 is 2.52 bits per heavy atom. The first-order valence-electron chi connectivity index (χ1n) is 8.97. The molecule has 2 N–H and O–H groups in total. The molecular weight excluding hydrogens is 288 g/mol. The number of rotatable bonds is 5. The fourth-order valence-corrected chi connectivity index (χ4v) is 4.07. The highest BCUT2D eigenvalue weighted by molar-refractivity contribution is 5.80. The van der Waals surface area contributed by atoms with Gasteiger partial charge in [0, 0.05) is 12.0 Å². The van der Waals surface area contributed by atoms with Gasteiger partial charge in [0.05, 0.1) is 13.2 Å². The quantitative estimate of drug-likeness (QED) is 0.848. The maximum atomic E-state index is 12.6. The summed E-state index contributed by atoms with van der Waals surface area (Å²) >= 11 is 0. The van der Waals surface area contributed by atoms with Gasteiger partial charge in [-0.1, -0.05) is 43.2 Å². The van der Waals surface area contributed by atoms with Crippen LogP contribution in [0.3, 0.4) is 0 Å². The second-order valence-corrected chi connectivity index (χ2v) is 7.06. The van der Waals surface area contributed by atoms with E-state index in [2.05, 4.69) is 35.6 Å². The monoisotopic (exact) mass is 317 g/mol. The largest absolute Gasteiger partial charge is 0.370 e. The van der Waals surface area contributed by atoms with Gasteiger partial charge in [0.25, 0.3) is 5.91 Å². The Morgan fingerprint density at radius 2 is 1.87 bits per heavy atom. The zero-order valence-electron chi connectivity index (χ0n) is 14.1. The average molecular weight is 317 g/mol. The second kappa shape index (κ2) is 7.45. The van der Waals surface area contributed by atoms with Crippen LogP contribution in [0.2, 0.25) is 0 Å². The molecule has 23 heavy (non-hydrogen) atoms. The first kappa shape index (κ1) is 16.5. The van der Waals surface area contributed by atoms with Crippen molar-refractivity contribution < 1.29 is 14.4 Å². The molecule has 1 aliphatic carbocycles. The van der Waals surface area contributed by atoms with Crippen LogP contribution in [-0.4, -0.2) is 44.8 Å². The molecule has 1 aromatic carbocycles. The van der Waals surface area contributed by atoms with Crippen LogP contribution in [0, 0.1) is 0 Å². The van der Waals surface area contributed by atoms with Gasteiger partial charge >= 0.3 is 0 Å². The summed E-state index contributed by atoms with van der Waals surface area (Å²) in [5, 5.41) is 3.26. The molecule has 0 spiro atoms. The molecule has 0 bridgehead atoms. The van der Waals surface area contributed by atoms with Crippen molar-refractivity contribution in [2.24, 2.45) is 0 Å². The van der Waals surface area contributed by atoms with Gasteiger partial charge in [0.2, 0.25) is 0 Å². The Kier molecular flexibility index (Phi) is 5.34. The number of amides is 1. The Bertz CT molecular complexity index is 505. The lowest BCUT2D eigenvalue weighted by Gasteiger charge is -2.32. The minimum atomic E-state index is 0.00752. The summed E-state index contributed by atoms with van der Waals surface area (Å²) in [6.45, 7) is 6.20. The third kappa shape index (κ3) is 3.75. The van der Waals surface area contributed by atoms with E-state index in [1.807, 2.05) is 6.92 Å². The first-order chi connectivity index (χ1) is 11.2. The molecule has 1 saturated carbocycles. The number of ether oxygens (including phenoxy) is 1. The summed E-state index contributed by atoms with van der Waals surface area (Å²) in [6, 6.07) is 10.7. The smallest absolute Gasteiger partial charge is 0.278 e. The van der Waals surface area contributed by atoms with E-state index in [-0.39, 0.29) is 17.4 Å². The lowest BCUT2D eigenvalue weighted by atomic mass is 9.79. The molecule has 0 radical (unpaired) electrons. The minimum Gasteiger partial charge on any atom is -0.370 e. The standard InChI is InChI=1S/C19H28N2O2/c1-16(21-11-13-23-14-12-21)18(22)20-15-19(9-5-6-10-19)17-7-3-2-4-8-17/h2-4,7-8,16H,5-6,9-15H2,1H3,(H,20,22)/p+1. The molecule has 1 saturated heterocycles. The van der Waals surface area contributed by atoms with Crippen LogP contribution in [-0.2, 0) is 14.9 Å². The van der Waals surface area contributed by atoms with Gasteiger partial charge in [-0.2, -0.15) is 0 Å². The molecule has 1 heterocycles. The van der Waals surface area contributed by atoms with Crippen molar-refractivity contribution in [1.82, 2.24) is 5.32 Å². The zero-order valence-corrected chi connectivity index (χ0v) is 14.1. The summed E-state index contributed by atoms with van der Waals surface area (Å²) in [5.74, 6) is 0.184. The summed E-state index contributed by atoms with van der Waals surface area (Å²) < 4.78 is 5.39. The topological polar surface area (TPSA) is 42.8 Å². The summed E-state index contributed by atoms with van der Waals surface area (Å²) in [4.78, 5) is 13.9. The van der Waals surface area contributed by atoms with Crippen molar-refractivity contribution in [3.63, 3.8) is 0 Å². The first-order valence-corrected chi connectivity index (χ1v) is 8.97. The van der Waals surface area contributed by atoms with Gasteiger partial charge in [-0.25, -0.2) is 0 Å². The molecule has 0 aromatic heterocycles. The van der Waals surface area contributed by atoms with Crippen molar-refractivity contribution >= 4 is 5.91 Å². The maximum Gasteiger partial charge on any atom is 0.278 e. The average Bonchev–Trinajstić information content (AvgIpc) is 3.11. The SMILES string of the molecule is CC(C(=O)NCC1(c2ccccc2)CCCC1)[NH+]1CCOCC1. The summed E-state index contributed by atoms with van der Waals surface area (Å²) in [7, 11) is 0. The lowest BCUT2D eigenvalue weighted by molar-refractivity contribution is -0.921. The van der Waals surface area contributed by atoms with E-state index >= 15 is 0 Å². The predicted octanol–water partition coefficient (Wildman–Crippen LogP) is 0.918. The molecule has 4 heteroatoms. The summed E-state index contributed by atoms with van der Waals surface area (Å²) in [5.41, 5.74) is 1.51. The normalized spacial score (nSPS) is 22.7. The molecular formula is C19H29N2O2+.